The molecular weight excluding hydrogens is 938 g/mol. The van der Waals surface area contributed by atoms with Gasteiger partial charge in [-0.15, -0.1) is 0 Å². The molecule has 2 fully saturated rings. The molecule has 2 aromatic carbocycles. The van der Waals surface area contributed by atoms with Gasteiger partial charge in [0.2, 0.25) is 0 Å². The van der Waals surface area contributed by atoms with E-state index in [9.17, 15) is 19.1 Å². The maximum absolute atomic E-state index is 13.4. The van der Waals surface area contributed by atoms with Gasteiger partial charge in [0, 0.05) is 43.3 Å². The van der Waals surface area contributed by atoms with Gasteiger partial charge in [-0.2, -0.15) is 0 Å². The van der Waals surface area contributed by atoms with E-state index in [2.05, 4.69) is 102 Å². The molecule has 0 radical (unpaired) electrons. The van der Waals surface area contributed by atoms with Crippen molar-refractivity contribution < 1.29 is 33.0 Å². The summed E-state index contributed by atoms with van der Waals surface area (Å²) < 4.78 is 25.5. The average Bonchev–Trinajstić information content (AvgIpc) is 4.04. The first kappa shape index (κ1) is 63.0. The number of nitrogens with zero attached hydrogens (tertiary/aromatic N) is 4. The molecule has 7 rings (SSSR count). The summed E-state index contributed by atoms with van der Waals surface area (Å²) in [6.45, 7) is 21.9. The van der Waals surface area contributed by atoms with E-state index in [1.807, 2.05) is 19.1 Å². The first-order chi connectivity index (χ1) is 35.9. The van der Waals surface area contributed by atoms with Crippen LogP contribution in [0.4, 0.5) is 15.8 Å². The molecule has 75 heavy (non-hydrogen) atoms. The highest BCUT2D eigenvalue weighted by Crippen LogP contribution is 2.36. The first-order valence-corrected chi connectivity index (χ1v) is 29.2. The summed E-state index contributed by atoms with van der Waals surface area (Å²) >= 11 is 0. The summed E-state index contributed by atoms with van der Waals surface area (Å²) in [5, 5.41) is 13.0. The Morgan fingerprint density at radius 1 is 0.893 bits per heavy atom. The fraction of sp³-hybridized carbons (Fsp3) is 0.641. The number of quaternary nitrogens is 1. The van der Waals surface area contributed by atoms with Crippen LogP contribution in [0.15, 0.2) is 66.2 Å². The highest BCUT2D eigenvalue weighted by molar-refractivity contribution is 5.97. The maximum atomic E-state index is 13.4. The van der Waals surface area contributed by atoms with E-state index < -0.39 is 12.2 Å². The molecule has 0 bridgehead atoms. The van der Waals surface area contributed by atoms with Gasteiger partial charge in [0.1, 0.15) is 29.7 Å². The van der Waals surface area contributed by atoms with E-state index in [1.54, 1.807) is 26.2 Å². The second-order valence-corrected chi connectivity index (χ2v) is 22.8. The number of likely N-dealkylation sites (N-methyl/N-ethyl adjacent to an activating group) is 1. The van der Waals surface area contributed by atoms with Crippen molar-refractivity contribution in [2.75, 3.05) is 64.6 Å². The van der Waals surface area contributed by atoms with Crippen LogP contribution in [0.1, 0.15) is 202 Å². The summed E-state index contributed by atoms with van der Waals surface area (Å²) in [4.78, 5) is 34.6. The summed E-state index contributed by atoms with van der Waals surface area (Å²) in [6.07, 6.45) is 24.5. The molecule has 0 amide bonds. The molecule has 11 heteroatoms. The highest BCUT2D eigenvalue weighted by Gasteiger charge is 2.30. The Morgan fingerprint density at radius 3 is 2.28 bits per heavy atom. The lowest BCUT2D eigenvalue weighted by molar-refractivity contribution is -0.884. The number of rotatable bonds is 21. The van der Waals surface area contributed by atoms with Gasteiger partial charge in [0.05, 0.1) is 62.9 Å². The highest BCUT2D eigenvalue weighted by atomic mass is 19.1. The number of Topliss-reactive ketones (excluding diaryl/α,β-unsaturated/α-hetero) is 2. The van der Waals surface area contributed by atoms with Crippen molar-refractivity contribution in [3.8, 4) is 5.75 Å². The molecule has 10 nitrogen and oxygen atoms in total. The Morgan fingerprint density at radius 2 is 1.63 bits per heavy atom. The van der Waals surface area contributed by atoms with Crippen LogP contribution < -0.4 is 15.0 Å². The van der Waals surface area contributed by atoms with Gasteiger partial charge >= 0.3 is 0 Å². The third-order valence-corrected chi connectivity index (χ3v) is 15.1. The van der Waals surface area contributed by atoms with Gasteiger partial charge in [-0.25, -0.2) is 4.39 Å². The predicted octanol–water partition coefficient (Wildman–Crippen LogP) is 15.1. The van der Waals surface area contributed by atoms with E-state index in [0.717, 1.165) is 88.6 Å². The zero-order valence-electron chi connectivity index (χ0n) is 48.9. The molecule has 3 aromatic rings. The Labute approximate surface area is 454 Å². The second kappa shape index (κ2) is 32.9. The topological polar surface area (TPSA) is 104 Å². The molecule has 4 aliphatic rings. The second-order valence-electron chi connectivity index (χ2n) is 22.8. The number of benzene rings is 2. The van der Waals surface area contributed by atoms with Crippen molar-refractivity contribution >= 4 is 28.5 Å². The van der Waals surface area contributed by atoms with Crippen molar-refractivity contribution in [2.24, 2.45) is 5.92 Å². The van der Waals surface area contributed by atoms with Crippen LogP contribution in [0.5, 0.6) is 5.75 Å². The molecule has 0 spiro atoms. The van der Waals surface area contributed by atoms with Crippen LogP contribution in [0.3, 0.4) is 0 Å². The Balaban J connectivity index is 0.000000250. The van der Waals surface area contributed by atoms with Gasteiger partial charge in [0.15, 0.2) is 17.7 Å². The first-order valence-electron chi connectivity index (χ1n) is 29.2. The number of ketones is 2. The van der Waals surface area contributed by atoms with Crippen LogP contribution >= 0.6 is 0 Å². The molecule has 418 valence electrons. The summed E-state index contributed by atoms with van der Waals surface area (Å²) in [6, 6.07) is 15.7. The van der Waals surface area contributed by atoms with E-state index in [1.165, 1.54) is 114 Å². The van der Waals surface area contributed by atoms with Crippen LogP contribution in [-0.4, -0.2) is 104 Å². The van der Waals surface area contributed by atoms with Gasteiger partial charge in [-0.3, -0.25) is 14.6 Å². The lowest BCUT2D eigenvalue weighted by Crippen LogP contribution is -2.44. The van der Waals surface area contributed by atoms with Crippen molar-refractivity contribution in [1.82, 2.24) is 9.88 Å². The fourth-order valence-corrected chi connectivity index (χ4v) is 10.4. The zero-order chi connectivity index (χ0) is 54.9. The molecule has 3 unspecified atom stereocenters. The zero-order valence-corrected chi connectivity index (χ0v) is 48.9. The number of hydrogen-bond donors (Lipinski definition) is 2. The largest absolute Gasteiger partial charge is 0.500 e. The Bertz CT molecular complexity index is 2260. The minimum Gasteiger partial charge on any atom is -0.500 e. The van der Waals surface area contributed by atoms with Crippen LogP contribution in [-0.2, 0) is 9.53 Å². The van der Waals surface area contributed by atoms with E-state index >= 15 is 0 Å². The van der Waals surface area contributed by atoms with E-state index in [-0.39, 0.29) is 17.4 Å². The smallest absolute Gasteiger partial charge is 0.173 e. The number of unbranched alkanes of at least 4 members (excludes halogenated alkanes) is 3. The molecule has 3 heterocycles. The molecule has 2 aliphatic carbocycles. The molecule has 1 aromatic heterocycles. The molecule has 3 atom stereocenters. The fourth-order valence-electron chi connectivity index (χ4n) is 10.4. The average molecular weight is 1040 g/mol. The van der Waals surface area contributed by atoms with Gasteiger partial charge in [-0.1, -0.05) is 98.1 Å². The minimum atomic E-state index is -0.566. The summed E-state index contributed by atoms with van der Waals surface area (Å²) in [7, 11) is 8.25. The van der Waals surface area contributed by atoms with E-state index in [0.29, 0.717) is 43.4 Å². The number of nitrogens with one attached hydrogen (secondary N) is 1. The quantitative estimate of drug-likeness (QED) is 0.0467. The molecule has 2 saturated carbocycles. The number of methoxy groups -OCH3 is 1. The van der Waals surface area contributed by atoms with Gasteiger partial charge in [0.25, 0.3) is 0 Å². The maximum Gasteiger partial charge on any atom is 0.173 e. The minimum absolute atomic E-state index is 0.0208. The number of aromatic nitrogens is 1. The number of aliphatic hydroxyl groups is 1. The van der Waals surface area contributed by atoms with Crippen molar-refractivity contribution in [3.63, 3.8) is 0 Å². The van der Waals surface area contributed by atoms with Crippen molar-refractivity contribution in [3.05, 3.63) is 100 Å². The lowest BCUT2D eigenvalue weighted by Gasteiger charge is -2.35. The van der Waals surface area contributed by atoms with Gasteiger partial charge < -0.3 is 34.2 Å². The van der Waals surface area contributed by atoms with Crippen LogP contribution in [0.2, 0.25) is 0 Å². The standard InChI is InChI=1S/C28H37N4O2.C17H37N.C14H17FO3.C5H10/c1-19-11-12-23-25(15-19)31(3)28(30-23)10-8-7-9-26(33)21-16-20(2)29-24(17-21)22-18-32(4,5)14-13-27(22)34-6;1-6-9-10-15-18(14-8-3)17(11-7-2)13-12-16(4)5;1-9-2-5-11(8-12(9)15)18-14-7-4-10(16)3-6-13(14)17;1-2-4-5-3-1/h10-12,15-17,30H,7-9,13-14,18H2,1-6H3;16-17H,6-15H2,1-5H3;2,5,8,10,14,16H,3-4,6-7H2,1H3;1-5H2/q+1;;;/b28-10-;;;. The number of anilines is 2. The summed E-state index contributed by atoms with van der Waals surface area (Å²) in [5.74, 6) is 3.09. The lowest BCUT2D eigenvalue weighted by atomic mass is 9.98. The van der Waals surface area contributed by atoms with Crippen LogP contribution in [0, 0.1) is 32.5 Å². The normalized spacial score (nSPS) is 19.0. The van der Waals surface area contributed by atoms with Crippen LogP contribution in [0.25, 0.3) is 5.57 Å². The molecular formula is C64H101FN5O5+. The van der Waals surface area contributed by atoms with Crippen molar-refractivity contribution in [1.29, 1.82) is 0 Å². The molecule has 0 saturated heterocycles. The Hall–Kier alpha value is -4.58. The number of halogens is 1. The number of hydrogen-bond acceptors (Lipinski definition) is 9. The van der Waals surface area contributed by atoms with Gasteiger partial charge in [-0.05, 0) is 152 Å². The SMILES string of the molecule is C1CCCC1.CCCCCN(CCC)C(CCC)CCC(C)C.COC1=C(c2cc(C(=O)CCC/C=C3/Nc4ccc(C)cc4N3C)cc(C)n2)C[N+](C)(C)CC1.Cc1ccc(OC2CCC(O)CCC2=O)cc1F. The number of carbonyl (C=O) groups excluding carboxylic acids is 2. The number of aliphatic hydroxyl groups excluding tert-OH is 1. The number of aryl methyl sites for hydroxylation is 3. The predicted molar refractivity (Wildman–Crippen MR) is 311 cm³/mol. The number of fused-ring (bicyclic) bond motifs is 1. The number of ether oxygens (including phenoxy) is 2. The summed E-state index contributed by atoms with van der Waals surface area (Å²) in [5.41, 5.74) is 7.71. The number of allylic oxidation sites excluding steroid dienone is 1. The third-order valence-electron chi connectivity index (χ3n) is 15.1. The molecule has 2 N–H and O–H groups in total. The third kappa shape index (κ3) is 21.8. The molecule has 2 aliphatic heterocycles. The number of carbonyl (C=O) groups is 2. The van der Waals surface area contributed by atoms with Crippen molar-refractivity contribution in [2.45, 2.75) is 208 Å². The number of pyridine rings is 1. The van der Waals surface area contributed by atoms with E-state index in [4.69, 9.17) is 14.5 Å². The Kier molecular flexibility index (Phi) is 27.6. The monoisotopic (exact) mass is 1040 g/mol.